The van der Waals surface area contributed by atoms with Crippen molar-refractivity contribution >= 4 is 0 Å². The van der Waals surface area contributed by atoms with E-state index in [9.17, 15) is 46.0 Å². The molecule has 0 aromatic rings. The Morgan fingerprint density at radius 1 is 0.575 bits per heavy atom. The molecule has 0 saturated carbocycles. The summed E-state index contributed by atoms with van der Waals surface area (Å²) in [5.41, 5.74) is 15.4. The Morgan fingerprint density at radius 2 is 1.07 bits per heavy atom. The summed E-state index contributed by atoms with van der Waals surface area (Å²) in [7, 11) is 0. The maximum atomic E-state index is 10.9. The number of ether oxygens (including phenoxy) is 6. The summed E-state index contributed by atoms with van der Waals surface area (Å²) in [5.74, 6) is 0. The minimum atomic E-state index is -1.87. The Morgan fingerprint density at radius 3 is 1.62 bits per heavy atom. The van der Waals surface area contributed by atoms with Crippen LogP contribution in [0.3, 0.4) is 0 Å². The van der Waals surface area contributed by atoms with E-state index < -0.39 is 112 Å². The van der Waals surface area contributed by atoms with E-state index in [-0.39, 0.29) is 101 Å². The smallest absolute Gasteiger partial charge is 0.187 e. The first-order chi connectivity index (χ1) is 18.1. The van der Waals surface area contributed by atoms with Crippen LogP contribution in [0.25, 0.3) is 11.5 Å². The molecule has 0 spiro atoms. The Balaban J connectivity index is 0.00000400. The van der Waals surface area contributed by atoms with Gasteiger partial charge in [-0.2, -0.15) is 0 Å². The van der Waals surface area contributed by atoms with Gasteiger partial charge in [0.15, 0.2) is 12.6 Å². The van der Waals surface area contributed by atoms with Crippen LogP contribution in [0.15, 0.2) is 0 Å². The van der Waals surface area contributed by atoms with Gasteiger partial charge in [0.1, 0.15) is 67.3 Å². The average Bonchev–Trinajstić information content (AvgIpc) is 2.91. The molecular weight excluding hydrogens is 974 g/mol. The molecule has 17 nitrogen and oxygen atoms in total. The number of hydrogen-bond acceptors (Lipinski definition) is 15. The molecule has 11 N–H and O–H groups in total. The van der Waals surface area contributed by atoms with Gasteiger partial charge >= 0.3 is 0 Å². The minimum Gasteiger partial charge on any atom is -0.677 e. The van der Waals surface area contributed by atoms with Gasteiger partial charge in [0.2, 0.25) is 0 Å². The standard InChI is InChI=1S/C21H38N2O15.2Ac/c22-2-1-3-33-19-10(23)13(29)17(9(6-26)36-19)37-21-16(32)18(12(28)8(5-25)35-21)38-20-15(31)14(30)11(27)7(4-24)34-20;;/h7-32H,1-6H2;;/q-2;;. The molecule has 3 aliphatic heterocycles. The number of aliphatic hydroxyl groups excluding tert-OH is 9. The van der Waals surface area contributed by atoms with E-state index in [1.54, 1.807) is 0 Å². The Kier molecular flexibility index (Phi) is 19.1. The topological polar surface area (TPSA) is 285 Å². The third-order valence-electron chi connectivity index (χ3n) is 6.71. The van der Waals surface area contributed by atoms with Crippen molar-refractivity contribution in [3.63, 3.8) is 0 Å². The zero-order valence-corrected chi connectivity index (χ0v) is 31.0. The van der Waals surface area contributed by atoms with E-state index >= 15 is 0 Å². The Bertz CT molecular complexity index is 719. The van der Waals surface area contributed by atoms with Gasteiger partial charge in [0.25, 0.3) is 0 Å². The van der Waals surface area contributed by atoms with Crippen LogP contribution in [0.1, 0.15) is 6.42 Å². The van der Waals surface area contributed by atoms with Gasteiger partial charge in [-0.15, -0.1) is 6.54 Å². The first-order valence-corrected chi connectivity index (χ1v) is 12.2. The van der Waals surface area contributed by atoms with Crippen molar-refractivity contribution in [2.75, 3.05) is 33.0 Å². The second-order valence-electron chi connectivity index (χ2n) is 9.32. The zero-order chi connectivity index (χ0) is 28.1. The quantitative estimate of drug-likeness (QED) is 0.0877. The second kappa shape index (κ2) is 19.0. The summed E-state index contributed by atoms with van der Waals surface area (Å²) in [6.07, 6.45) is -22.0. The molecule has 3 aliphatic rings. The number of rotatable bonds is 11. The first kappa shape index (κ1) is 40.2. The van der Waals surface area contributed by atoms with Gasteiger partial charge in [-0.1, -0.05) is 6.04 Å². The van der Waals surface area contributed by atoms with Crippen molar-refractivity contribution in [2.24, 2.45) is 0 Å². The maximum absolute atomic E-state index is 10.9. The molecule has 3 rings (SSSR count). The summed E-state index contributed by atoms with van der Waals surface area (Å²) in [4.78, 5) is 0. The van der Waals surface area contributed by atoms with Gasteiger partial charge < -0.3 is 85.8 Å². The van der Waals surface area contributed by atoms with Crippen LogP contribution < -0.4 is 0 Å². The van der Waals surface area contributed by atoms with Gasteiger partial charge in [0.05, 0.1) is 25.9 Å². The van der Waals surface area contributed by atoms with Gasteiger partial charge in [-0.3, -0.25) is 0 Å². The number of hydrogen-bond donors (Lipinski definition) is 9. The fraction of sp³-hybridized carbons (Fsp3) is 1.00. The van der Waals surface area contributed by atoms with Crippen molar-refractivity contribution in [1.29, 1.82) is 0 Å². The monoisotopic (exact) mass is 1010 g/mol. The Labute approximate surface area is 302 Å². The third-order valence-corrected chi connectivity index (χ3v) is 6.71. The van der Waals surface area contributed by atoms with E-state index in [2.05, 4.69) is 0 Å². The summed E-state index contributed by atoms with van der Waals surface area (Å²) < 4.78 is 32.8. The fourth-order valence-electron chi connectivity index (χ4n) is 4.47. The van der Waals surface area contributed by atoms with Crippen LogP contribution in [0.4, 0.5) is 0 Å². The Hall–Kier alpha value is 2.20. The predicted octanol–water partition coefficient (Wildman–Crippen LogP) is -5.05. The average molecular weight is 1010 g/mol. The molecule has 2 radical (unpaired) electrons. The van der Waals surface area contributed by atoms with Crippen LogP contribution in [-0.2, 0) is 28.4 Å². The molecular formula is C21H38Ac2N2O15-2. The molecule has 0 bridgehead atoms. The van der Waals surface area contributed by atoms with Crippen LogP contribution in [0, 0.1) is 88.1 Å². The molecule has 0 aromatic carbocycles. The molecule has 3 saturated heterocycles. The number of aliphatic hydroxyl groups is 9. The van der Waals surface area contributed by atoms with Crippen molar-refractivity contribution in [1.82, 2.24) is 0 Å². The molecule has 0 amide bonds. The molecule has 15 unspecified atom stereocenters. The molecule has 19 heteroatoms. The van der Waals surface area contributed by atoms with E-state index in [4.69, 9.17) is 39.9 Å². The molecule has 230 valence electrons. The normalized spacial score (nSPS) is 45.8. The summed E-state index contributed by atoms with van der Waals surface area (Å²) in [5, 5.41) is 91.3. The third kappa shape index (κ3) is 9.37. The zero-order valence-electron chi connectivity index (χ0n) is 21.5. The van der Waals surface area contributed by atoms with Gasteiger partial charge in [-0.05, 0) is 6.42 Å². The van der Waals surface area contributed by atoms with Crippen molar-refractivity contribution in [3.05, 3.63) is 11.5 Å². The van der Waals surface area contributed by atoms with Crippen molar-refractivity contribution in [3.8, 4) is 0 Å². The van der Waals surface area contributed by atoms with Crippen LogP contribution in [0.2, 0.25) is 0 Å². The summed E-state index contributed by atoms with van der Waals surface area (Å²) >= 11 is 0. The second-order valence-corrected chi connectivity index (χ2v) is 9.32. The largest absolute Gasteiger partial charge is 0.677 e. The predicted molar refractivity (Wildman–Crippen MR) is 121 cm³/mol. The summed E-state index contributed by atoms with van der Waals surface area (Å²) in [6.45, 7) is -2.07. The van der Waals surface area contributed by atoms with E-state index in [1.165, 1.54) is 0 Å². The van der Waals surface area contributed by atoms with E-state index in [1.807, 2.05) is 0 Å². The van der Waals surface area contributed by atoms with Gasteiger partial charge in [-0.25, -0.2) is 0 Å². The SMILES string of the molecule is [Ac].[Ac].[NH-]CCCOC1OC(CO)C(OC2OC(CO)C(O)C(OC3OC(CO)C(O)C(O)C3O)C2O)C(O)C1[NH-]. The molecule has 0 aromatic heterocycles. The molecule has 15 atom stereocenters. The van der Waals surface area contributed by atoms with Crippen LogP contribution in [-0.4, -0.2) is 171 Å². The molecule has 3 fully saturated rings. The van der Waals surface area contributed by atoms with E-state index in [0.717, 1.165) is 0 Å². The van der Waals surface area contributed by atoms with Crippen molar-refractivity contribution < 1.29 is 163 Å². The first-order valence-electron chi connectivity index (χ1n) is 12.2. The molecule has 0 aliphatic carbocycles. The van der Waals surface area contributed by atoms with Crippen LogP contribution >= 0.6 is 0 Å². The minimum absolute atomic E-state index is 0. The van der Waals surface area contributed by atoms with E-state index in [0.29, 0.717) is 6.42 Å². The van der Waals surface area contributed by atoms with Crippen LogP contribution in [0.5, 0.6) is 0 Å². The molecule has 3 heterocycles. The maximum Gasteiger partial charge on any atom is 0.187 e. The molecule has 40 heavy (non-hydrogen) atoms. The van der Waals surface area contributed by atoms with Gasteiger partial charge in [0, 0.05) is 94.7 Å². The number of nitrogens with one attached hydrogen (secondary N) is 2. The van der Waals surface area contributed by atoms with Crippen molar-refractivity contribution in [2.45, 2.75) is 98.5 Å². The fourth-order valence-corrected chi connectivity index (χ4v) is 4.47. The summed E-state index contributed by atoms with van der Waals surface area (Å²) in [6, 6.07) is -1.41.